The monoisotopic (exact) mass is 282 g/mol. The number of hydrogen-bond acceptors (Lipinski definition) is 5. The number of carboxylic acids is 1. The lowest BCUT2D eigenvalue weighted by molar-refractivity contribution is 0.0685. The quantitative estimate of drug-likeness (QED) is 0.915. The van der Waals surface area contributed by atoms with Crippen molar-refractivity contribution < 1.29 is 14.6 Å². The molecule has 0 saturated carbocycles. The molecule has 2 atom stereocenters. The molecular weight excluding hydrogens is 264 g/mol. The van der Waals surface area contributed by atoms with Crippen LogP contribution in [0.5, 0.6) is 0 Å². The summed E-state index contributed by atoms with van der Waals surface area (Å²) in [5.41, 5.74) is 0.0998. The number of aromatic carboxylic acids is 1. The van der Waals surface area contributed by atoms with Gasteiger partial charge in [-0.1, -0.05) is 13.8 Å². The molecule has 2 heterocycles. The van der Waals surface area contributed by atoms with Gasteiger partial charge in [-0.2, -0.15) is 0 Å². The fourth-order valence-corrected chi connectivity index (χ4v) is 3.10. The summed E-state index contributed by atoms with van der Waals surface area (Å²) in [4.78, 5) is 20.4. The highest BCUT2D eigenvalue weighted by Gasteiger charge is 2.27. The Labute approximate surface area is 116 Å². The average Bonchev–Trinajstić information content (AvgIpc) is 2.75. The number of nitrogens with zero attached hydrogens (tertiary/aromatic N) is 2. The molecule has 1 aromatic heterocycles. The second-order valence-corrected chi connectivity index (χ2v) is 6.20. The van der Waals surface area contributed by atoms with Crippen molar-refractivity contribution in [2.24, 2.45) is 0 Å². The van der Waals surface area contributed by atoms with Crippen LogP contribution in [0.1, 0.15) is 49.4 Å². The lowest BCUT2D eigenvalue weighted by Gasteiger charge is -2.15. The molecule has 19 heavy (non-hydrogen) atoms. The Morgan fingerprint density at radius 3 is 2.84 bits per heavy atom. The van der Waals surface area contributed by atoms with E-state index in [-0.39, 0.29) is 23.0 Å². The van der Waals surface area contributed by atoms with E-state index in [1.165, 1.54) is 11.8 Å². The van der Waals surface area contributed by atoms with Crippen LogP contribution in [0.25, 0.3) is 0 Å². The van der Waals surface area contributed by atoms with E-state index >= 15 is 0 Å². The van der Waals surface area contributed by atoms with Crippen molar-refractivity contribution in [2.45, 2.75) is 49.4 Å². The maximum absolute atomic E-state index is 11.3. The third-order valence-electron chi connectivity index (χ3n) is 3.08. The van der Waals surface area contributed by atoms with E-state index in [0.29, 0.717) is 10.7 Å². The summed E-state index contributed by atoms with van der Waals surface area (Å²) in [6.45, 7) is 6.63. The van der Waals surface area contributed by atoms with Crippen LogP contribution in [-0.2, 0) is 4.74 Å². The van der Waals surface area contributed by atoms with Crippen molar-refractivity contribution in [1.29, 1.82) is 0 Å². The van der Waals surface area contributed by atoms with Crippen molar-refractivity contribution >= 4 is 17.7 Å². The molecule has 2 unspecified atom stereocenters. The number of carboxylic acid groups (broad SMARTS) is 1. The molecule has 5 nitrogen and oxygen atoms in total. The zero-order valence-electron chi connectivity index (χ0n) is 11.3. The Balaban J connectivity index is 2.26. The van der Waals surface area contributed by atoms with Gasteiger partial charge in [0, 0.05) is 24.0 Å². The minimum Gasteiger partial charge on any atom is -0.476 e. The van der Waals surface area contributed by atoms with Crippen LogP contribution in [0.15, 0.2) is 11.1 Å². The molecule has 0 aromatic carbocycles. The first-order valence-electron chi connectivity index (χ1n) is 6.37. The van der Waals surface area contributed by atoms with E-state index < -0.39 is 5.97 Å². The van der Waals surface area contributed by atoms with Gasteiger partial charge in [-0.15, -0.1) is 11.8 Å². The maximum atomic E-state index is 11.3. The molecule has 1 saturated heterocycles. The number of rotatable bonds is 4. The summed E-state index contributed by atoms with van der Waals surface area (Å²) in [5.74, 6) is -0.318. The van der Waals surface area contributed by atoms with E-state index in [1.54, 1.807) is 6.20 Å². The fourth-order valence-electron chi connectivity index (χ4n) is 1.93. The topological polar surface area (TPSA) is 72.3 Å². The van der Waals surface area contributed by atoms with E-state index in [2.05, 4.69) is 9.97 Å². The lowest BCUT2D eigenvalue weighted by Crippen LogP contribution is -2.15. The smallest absolute Gasteiger partial charge is 0.355 e. The lowest BCUT2D eigenvalue weighted by atomic mass is 10.2. The Bertz CT molecular complexity index is 479. The summed E-state index contributed by atoms with van der Waals surface area (Å²) in [5, 5.41) is 9.55. The minimum atomic E-state index is -1.00. The highest BCUT2D eigenvalue weighted by atomic mass is 32.2. The molecule has 0 radical (unpaired) electrons. The number of thioether (sulfide) groups is 1. The van der Waals surface area contributed by atoms with Gasteiger partial charge < -0.3 is 9.84 Å². The highest BCUT2D eigenvalue weighted by molar-refractivity contribution is 8.00. The van der Waals surface area contributed by atoms with Crippen LogP contribution in [0.3, 0.4) is 0 Å². The standard InChI is InChI=1S/C13H18N2O3S/c1-7(2)12-14-6-10(11(15-12)13(16)17)19-9-4-5-18-8(9)3/h6-9H,4-5H2,1-3H3,(H,16,17). The van der Waals surface area contributed by atoms with Crippen LogP contribution in [0.4, 0.5) is 0 Å². The van der Waals surface area contributed by atoms with Crippen molar-refractivity contribution in [3.63, 3.8) is 0 Å². The van der Waals surface area contributed by atoms with Gasteiger partial charge in [0.1, 0.15) is 5.82 Å². The number of ether oxygens (including phenoxy) is 1. The zero-order valence-corrected chi connectivity index (χ0v) is 12.1. The second kappa shape index (κ2) is 5.88. The zero-order chi connectivity index (χ0) is 14.0. The second-order valence-electron chi connectivity index (χ2n) is 4.92. The average molecular weight is 282 g/mol. The van der Waals surface area contributed by atoms with E-state index in [0.717, 1.165) is 13.0 Å². The van der Waals surface area contributed by atoms with Crippen LogP contribution >= 0.6 is 11.8 Å². The van der Waals surface area contributed by atoms with Gasteiger partial charge in [0.15, 0.2) is 5.69 Å². The van der Waals surface area contributed by atoms with E-state index in [9.17, 15) is 9.90 Å². The molecule has 104 valence electrons. The van der Waals surface area contributed by atoms with Gasteiger partial charge in [0.2, 0.25) is 0 Å². The van der Waals surface area contributed by atoms with Gasteiger partial charge in [-0.25, -0.2) is 14.8 Å². The van der Waals surface area contributed by atoms with Gasteiger partial charge in [-0.05, 0) is 13.3 Å². The van der Waals surface area contributed by atoms with Crippen molar-refractivity contribution in [1.82, 2.24) is 9.97 Å². The Hall–Kier alpha value is -1.14. The van der Waals surface area contributed by atoms with E-state index in [1.807, 2.05) is 20.8 Å². The van der Waals surface area contributed by atoms with Gasteiger partial charge in [0.25, 0.3) is 0 Å². The molecule has 0 bridgehead atoms. The molecule has 2 rings (SSSR count). The molecule has 1 aliphatic heterocycles. The molecular formula is C13H18N2O3S. The fraction of sp³-hybridized carbons (Fsp3) is 0.615. The first kappa shape index (κ1) is 14.3. The molecule has 1 fully saturated rings. The summed E-state index contributed by atoms with van der Waals surface area (Å²) >= 11 is 1.50. The van der Waals surface area contributed by atoms with Crippen molar-refractivity contribution in [3.8, 4) is 0 Å². The molecule has 1 N–H and O–H groups in total. The summed E-state index contributed by atoms with van der Waals surface area (Å²) in [6, 6.07) is 0. The summed E-state index contributed by atoms with van der Waals surface area (Å²) < 4.78 is 5.49. The van der Waals surface area contributed by atoms with Crippen LogP contribution < -0.4 is 0 Å². The van der Waals surface area contributed by atoms with Crippen molar-refractivity contribution in [2.75, 3.05) is 6.61 Å². The molecule has 0 aliphatic carbocycles. The minimum absolute atomic E-state index is 0.0998. The largest absolute Gasteiger partial charge is 0.476 e. The molecule has 0 spiro atoms. The van der Waals surface area contributed by atoms with Gasteiger partial charge in [-0.3, -0.25) is 0 Å². The third-order valence-corrected chi connectivity index (χ3v) is 4.55. The summed E-state index contributed by atoms with van der Waals surface area (Å²) in [6.07, 6.45) is 2.69. The highest BCUT2D eigenvalue weighted by Crippen LogP contribution is 2.33. The third kappa shape index (κ3) is 3.25. The maximum Gasteiger partial charge on any atom is 0.355 e. The van der Waals surface area contributed by atoms with Crippen molar-refractivity contribution in [3.05, 3.63) is 17.7 Å². The molecule has 0 amide bonds. The Kier molecular flexibility index (Phi) is 4.42. The van der Waals surface area contributed by atoms with Crippen LogP contribution in [0, 0.1) is 0 Å². The molecule has 1 aromatic rings. The predicted octanol–water partition coefficient (Wildman–Crippen LogP) is 2.57. The van der Waals surface area contributed by atoms with E-state index in [4.69, 9.17) is 4.74 Å². The Morgan fingerprint density at radius 1 is 1.58 bits per heavy atom. The number of hydrogen-bond donors (Lipinski definition) is 1. The summed E-state index contributed by atoms with van der Waals surface area (Å²) in [7, 11) is 0. The number of carbonyl (C=O) groups is 1. The van der Waals surface area contributed by atoms with Crippen LogP contribution in [-0.4, -0.2) is 39.0 Å². The Morgan fingerprint density at radius 2 is 2.32 bits per heavy atom. The van der Waals surface area contributed by atoms with Gasteiger partial charge in [0.05, 0.1) is 11.0 Å². The first-order valence-corrected chi connectivity index (χ1v) is 7.25. The van der Waals surface area contributed by atoms with Crippen LogP contribution in [0.2, 0.25) is 0 Å². The first-order chi connectivity index (χ1) is 8.99. The predicted molar refractivity (Wildman–Crippen MR) is 72.8 cm³/mol. The number of aromatic nitrogens is 2. The molecule has 1 aliphatic rings. The normalized spacial score (nSPS) is 22.9. The molecule has 6 heteroatoms. The van der Waals surface area contributed by atoms with Gasteiger partial charge >= 0.3 is 5.97 Å². The SMILES string of the molecule is CC(C)c1ncc(SC2CCOC2C)c(C(=O)O)n1.